The summed E-state index contributed by atoms with van der Waals surface area (Å²) in [5.74, 6) is -3.57. The number of piperazine rings is 1. The number of carbonyl (C=O) groups is 1. The van der Waals surface area contributed by atoms with Gasteiger partial charge in [0.05, 0.1) is 21.5 Å². The average Bonchev–Trinajstić information content (AvgIpc) is 3.73. The van der Waals surface area contributed by atoms with Crippen LogP contribution in [0.25, 0.3) is 10.9 Å². The molecule has 0 atom stereocenters. The number of pyridine rings is 1. The largest absolute Gasteiger partial charge is 0.477 e. The van der Waals surface area contributed by atoms with Crippen LogP contribution < -0.4 is 21.4 Å². The van der Waals surface area contributed by atoms with Gasteiger partial charge in [0.1, 0.15) is 11.3 Å². The topological polar surface area (TPSA) is 147 Å². The van der Waals surface area contributed by atoms with E-state index in [9.17, 15) is 24.8 Å². The molecular weight excluding hydrogens is 522 g/mol. The molecule has 3 aromatic rings. The summed E-state index contributed by atoms with van der Waals surface area (Å²) in [5.41, 5.74) is 3.71. The third kappa shape index (κ3) is 4.36. The molecule has 2 aliphatic rings. The van der Waals surface area contributed by atoms with Crippen molar-refractivity contribution in [2.45, 2.75) is 18.9 Å². The molecule has 11 nitrogen and oxygen atoms in total. The molecule has 38 heavy (non-hydrogen) atoms. The lowest BCUT2D eigenvalue weighted by Crippen LogP contribution is -2.50. The van der Waals surface area contributed by atoms with Crippen LogP contribution in [-0.2, 0) is 0 Å². The number of carboxylic acids is 1. The van der Waals surface area contributed by atoms with Crippen LogP contribution in [0.1, 0.15) is 29.2 Å². The number of aromatic nitrogens is 1. The molecule has 2 fully saturated rings. The molecule has 2 heterocycles. The Labute approximate surface area is 219 Å². The Kier molecular flexibility index (Phi) is 6.34. The number of thiocarbonyl (C=S) groups is 1. The van der Waals surface area contributed by atoms with Crippen molar-refractivity contribution in [3.05, 3.63) is 68.0 Å². The standard InChI is InChI=1S/C24H22F2N6O5S/c25-17-19(27)16-20(31(13-5-6-13)11-15(22(16)33)23(34)35)18(26)21(17)29-7-9-30(10-8-29)24(38)28-12-1-3-14(4-2-12)32(36)37/h1-4,11,13H,5-10,27H2,(H,28,38)(H,34,35). The number of carboxylic acid groups (broad SMARTS) is 1. The highest BCUT2D eigenvalue weighted by Gasteiger charge is 2.33. The van der Waals surface area contributed by atoms with Crippen LogP contribution in [0.3, 0.4) is 0 Å². The van der Waals surface area contributed by atoms with Gasteiger partial charge in [-0.2, -0.15) is 0 Å². The van der Waals surface area contributed by atoms with E-state index in [4.69, 9.17) is 18.0 Å². The maximum atomic E-state index is 15.9. The highest BCUT2D eigenvalue weighted by Crippen LogP contribution is 2.41. The second kappa shape index (κ2) is 9.52. The number of halogens is 2. The first kappa shape index (κ1) is 25.3. The summed E-state index contributed by atoms with van der Waals surface area (Å²) in [6.45, 7) is 0.982. The molecule has 0 radical (unpaired) electrons. The molecule has 14 heteroatoms. The number of aromatic carboxylic acids is 1. The summed E-state index contributed by atoms with van der Waals surface area (Å²) in [6.07, 6.45) is 2.44. The van der Waals surface area contributed by atoms with Gasteiger partial charge in [-0.15, -0.1) is 0 Å². The van der Waals surface area contributed by atoms with Gasteiger partial charge in [-0.05, 0) is 37.2 Å². The monoisotopic (exact) mass is 544 g/mol. The van der Waals surface area contributed by atoms with E-state index in [1.54, 1.807) is 4.90 Å². The van der Waals surface area contributed by atoms with E-state index in [0.29, 0.717) is 36.7 Å². The summed E-state index contributed by atoms with van der Waals surface area (Å²) in [7, 11) is 0. The van der Waals surface area contributed by atoms with E-state index in [1.807, 2.05) is 0 Å². The molecule has 2 aromatic carbocycles. The lowest BCUT2D eigenvalue weighted by Gasteiger charge is -2.38. The Morgan fingerprint density at radius 2 is 1.76 bits per heavy atom. The van der Waals surface area contributed by atoms with Crippen molar-refractivity contribution in [1.82, 2.24) is 9.47 Å². The lowest BCUT2D eigenvalue weighted by molar-refractivity contribution is -0.384. The first-order valence-corrected chi connectivity index (χ1v) is 12.1. The van der Waals surface area contributed by atoms with E-state index in [-0.39, 0.29) is 36.0 Å². The first-order chi connectivity index (χ1) is 18.1. The summed E-state index contributed by atoms with van der Waals surface area (Å²) < 4.78 is 32.8. The molecule has 1 saturated carbocycles. The minimum atomic E-state index is -1.50. The quantitative estimate of drug-likeness (QED) is 0.189. The number of hydrogen-bond donors (Lipinski definition) is 3. The van der Waals surface area contributed by atoms with Gasteiger partial charge >= 0.3 is 5.97 Å². The molecule has 0 spiro atoms. The fraction of sp³-hybridized carbons (Fsp3) is 0.292. The predicted molar refractivity (Wildman–Crippen MR) is 141 cm³/mol. The molecule has 1 aromatic heterocycles. The van der Waals surface area contributed by atoms with Gasteiger partial charge in [0.2, 0.25) is 5.43 Å². The van der Waals surface area contributed by atoms with Gasteiger partial charge in [-0.1, -0.05) is 0 Å². The molecule has 1 aliphatic carbocycles. The van der Waals surface area contributed by atoms with Crippen LogP contribution in [0.2, 0.25) is 0 Å². The molecular formula is C24H22F2N6O5S. The molecule has 4 N–H and O–H groups in total. The van der Waals surface area contributed by atoms with E-state index in [1.165, 1.54) is 33.7 Å². The molecule has 0 bridgehead atoms. The number of nitrogen functional groups attached to an aromatic ring is 1. The summed E-state index contributed by atoms with van der Waals surface area (Å²) in [5, 5.41) is 23.1. The van der Waals surface area contributed by atoms with Gasteiger partial charge in [0, 0.05) is 56.2 Å². The summed E-state index contributed by atoms with van der Waals surface area (Å²) in [4.78, 5) is 38.0. The second-order valence-corrected chi connectivity index (χ2v) is 9.52. The van der Waals surface area contributed by atoms with Crippen molar-refractivity contribution in [1.29, 1.82) is 0 Å². The van der Waals surface area contributed by atoms with Crippen molar-refractivity contribution < 1.29 is 23.6 Å². The second-order valence-electron chi connectivity index (χ2n) is 9.14. The molecule has 198 valence electrons. The van der Waals surface area contributed by atoms with E-state index < -0.39 is 44.6 Å². The normalized spacial score (nSPS) is 15.5. The zero-order chi connectivity index (χ0) is 27.3. The third-order valence-electron chi connectivity index (χ3n) is 6.75. The third-order valence-corrected chi connectivity index (χ3v) is 7.11. The van der Waals surface area contributed by atoms with Gasteiger partial charge in [-0.25, -0.2) is 13.6 Å². The highest BCUT2D eigenvalue weighted by atomic mass is 32.1. The SMILES string of the molecule is Nc1c(F)c(N2CCN(C(=S)Nc3ccc([N+](=O)[O-])cc3)CC2)c(F)c2c1c(=O)c(C(=O)O)cn2C1CC1. The van der Waals surface area contributed by atoms with E-state index in [0.717, 1.165) is 6.20 Å². The van der Waals surface area contributed by atoms with Gasteiger partial charge < -0.3 is 30.5 Å². The zero-order valence-electron chi connectivity index (χ0n) is 19.8. The van der Waals surface area contributed by atoms with Crippen LogP contribution in [-0.4, -0.2) is 56.8 Å². The predicted octanol–water partition coefficient (Wildman–Crippen LogP) is 3.32. The zero-order valence-corrected chi connectivity index (χ0v) is 20.6. The van der Waals surface area contributed by atoms with Crippen LogP contribution in [0.4, 0.5) is 31.5 Å². The van der Waals surface area contributed by atoms with Crippen LogP contribution in [0.15, 0.2) is 35.3 Å². The number of rotatable bonds is 5. The van der Waals surface area contributed by atoms with Gasteiger partial charge in [-0.3, -0.25) is 14.9 Å². The Hall–Kier alpha value is -4.33. The highest BCUT2D eigenvalue weighted by molar-refractivity contribution is 7.80. The molecule has 1 saturated heterocycles. The minimum absolute atomic E-state index is 0.0555. The van der Waals surface area contributed by atoms with Gasteiger partial charge in [0.15, 0.2) is 16.7 Å². The van der Waals surface area contributed by atoms with Crippen LogP contribution >= 0.6 is 12.2 Å². The number of nitrogens with one attached hydrogen (secondary N) is 1. The van der Waals surface area contributed by atoms with Gasteiger partial charge in [0.25, 0.3) is 5.69 Å². The summed E-state index contributed by atoms with van der Waals surface area (Å²) >= 11 is 5.44. The Morgan fingerprint density at radius 1 is 1.13 bits per heavy atom. The van der Waals surface area contributed by atoms with Crippen molar-refractivity contribution in [3.63, 3.8) is 0 Å². The average molecular weight is 545 g/mol. The van der Waals surface area contributed by atoms with E-state index >= 15 is 8.78 Å². The Bertz CT molecular complexity index is 1550. The van der Waals surface area contributed by atoms with Crippen LogP contribution in [0, 0.1) is 21.7 Å². The number of fused-ring (bicyclic) bond motifs is 1. The minimum Gasteiger partial charge on any atom is -0.477 e. The molecule has 0 unspecified atom stereocenters. The van der Waals surface area contributed by atoms with Crippen molar-refractivity contribution in [2.75, 3.05) is 42.1 Å². The first-order valence-electron chi connectivity index (χ1n) is 11.7. The number of anilines is 3. The van der Waals surface area contributed by atoms with E-state index in [2.05, 4.69) is 5.32 Å². The smallest absolute Gasteiger partial charge is 0.341 e. The number of non-ortho nitro benzene ring substituents is 1. The number of nitro benzene ring substituents is 1. The Morgan fingerprint density at radius 3 is 2.32 bits per heavy atom. The number of benzene rings is 2. The maximum absolute atomic E-state index is 15.9. The lowest BCUT2D eigenvalue weighted by atomic mass is 10.1. The molecule has 1 aliphatic heterocycles. The fourth-order valence-electron chi connectivity index (χ4n) is 4.63. The number of nitrogens with zero attached hydrogens (tertiary/aromatic N) is 4. The number of nitrogens with two attached hydrogens (primary N) is 1. The van der Waals surface area contributed by atoms with Crippen molar-refractivity contribution in [3.8, 4) is 0 Å². The summed E-state index contributed by atoms with van der Waals surface area (Å²) in [6, 6.07) is 5.54. The molecule has 5 rings (SSSR count). The van der Waals surface area contributed by atoms with Crippen LogP contribution in [0.5, 0.6) is 0 Å². The maximum Gasteiger partial charge on any atom is 0.341 e. The molecule has 0 amide bonds. The fourth-order valence-corrected chi connectivity index (χ4v) is 4.93. The Balaban J connectivity index is 1.41. The van der Waals surface area contributed by atoms with Crippen molar-refractivity contribution in [2.24, 2.45) is 0 Å². The number of hydrogen-bond acceptors (Lipinski definition) is 7. The van der Waals surface area contributed by atoms with Crippen molar-refractivity contribution >= 4 is 57.0 Å². The number of nitro groups is 1.